The summed E-state index contributed by atoms with van der Waals surface area (Å²) in [7, 11) is 0. The molecule has 1 amide bonds. The molecular formula is C30H26N2O2. The van der Waals surface area contributed by atoms with Gasteiger partial charge in [0.2, 0.25) is 0 Å². The second kappa shape index (κ2) is 8.81. The van der Waals surface area contributed by atoms with Crippen LogP contribution < -0.4 is 4.74 Å². The number of rotatable bonds is 4. The Morgan fingerprint density at radius 2 is 1.21 bits per heavy atom. The van der Waals surface area contributed by atoms with Crippen LogP contribution in [-0.2, 0) is 0 Å². The van der Waals surface area contributed by atoms with Crippen LogP contribution in [0.1, 0.15) is 27.5 Å². The molecule has 0 unspecified atom stereocenters. The van der Waals surface area contributed by atoms with Crippen molar-refractivity contribution in [2.45, 2.75) is 6.04 Å². The lowest BCUT2D eigenvalue weighted by molar-refractivity contribution is 0.0597. The first-order chi connectivity index (χ1) is 16.8. The highest BCUT2D eigenvalue weighted by Crippen LogP contribution is 2.46. The summed E-state index contributed by atoms with van der Waals surface area (Å²) in [4.78, 5) is 17.9. The molecule has 4 aromatic rings. The van der Waals surface area contributed by atoms with Gasteiger partial charge in [0.1, 0.15) is 11.5 Å². The number of benzene rings is 4. The first-order valence-electron chi connectivity index (χ1n) is 11.8. The van der Waals surface area contributed by atoms with E-state index in [1.54, 1.807) is 0 Å². The monoisotopic (exact) mass is 446 g/mol. The predicted octanol–water partition coefficient (Wildman–Crippen LogP) is 6.01. The molecule has 168 valence electrons. The number of hydrogen-bond donors (Lipinski definition) is 0. The quantitative estimate of drug-likeness (QED) is 0.385. The maximum absolute atomic E-state index is 13.5. The van der Waals surface area contributed by atoms with E-state index in [0.29, 0.717) is 24.4 Å². The van der Waals surface area contributed by atoms with Crippen LogP contribution in [0.4, 0.5) is 0 Å². The number of nitrogens with zero attached hydrogens (tertiary/aromatic N) is 2. The molecule has 0 bridgehead atoms. The Hall–Kier alpha value is -3.89. The van der Waals surface area contributed by atoms with Crippen LogP contribution in [0.2, 0.25) is 0 Å². The van der Waals surface area contributed by atoms with E-state index >= 15 is 0 Å². The second-order valence-electron chi connectivity index (χ2n) is 8.82. The number of carbonyl (C=O) groups is 1. The molecule has 1 aliphatic heterocycles. The summed E-state index contributed by atoms with van der Waals surface area (Å²) >= 11 is 0. The average molecular weight is 447 g/mol. The normalized spacial score (nSPS) is 15.6. The minimum atomic E-state index is 0.0263. The summed E-state index contributed by atoms with van der Waals surface area (Å²) in [6.07, 6.45) is 0. The van der Waals surface area contributed by atoms with E-state index in [9.17, 15) is 4.79 Å². The van der Waals surface area contributed by atoms with Crippen molar-refractivity contribution in [2.75, 3.05) is 26.2 Å². The van der Waals surface area contributed by atoms with E-state index < -0.39 is 0 Å². The van der Waals surface area contributed by atoms with Crippen LogP contribution >= 0.6 is 0 Å². The topological polar surface area (TPSA) is 32.8 Å². The number of carbonyl (C=O) groups excluding carboxylic acids is 1. The number of amides is 1. The van der Waals surface area contributed by atoms with Crippen molar-refractivity contribution >= 4 is 5.91 Å². The average Bonchev–Trinajstić information content (AvgIpc) is 3.24. The highest BCUT2D eigenvalue weighted by Gasteiger charge is 2.35. The zero-order valence-corrected chi connectivity index (χ0v) is 18.9. The van der Waals surface area contributed by atoms with E-state index in [1.165, 1.54) is 22.3 Å². The van der Waals surface area contributed by atoms with Crippen molar-refractivity contribution in [3.8, 4) is 22.6 Å². The van der Waals surface area contributed by atoms with Gasteiger partial charge in [0.15, 0.2) is 0 Å². The summed E-state index contributed by atoms with van der Waals surface area (Å²) in [5.74, 6) is 1.35. The molecule has 0 atom stereocenters. The van der Waals surface area contributed by atoms with Gasteiger partial charge in [0.05, 0.1) is 11.6 Å². The Balaban J connectivity index is 1.20. The van der Waals surface area contributed by atoms with E-state index in [-0.39, 0.29) is 11.9 Å². The molecule has 4 aromatic carbocycles. The van der Waals surface area contributed by atoms with Crippen LogP contribution in [0.25, 0.3) is 11.1 Å². The van der Waals surface area contributed by atoms with Crippen LogP contribution in [0.15, 0.2) is 103 Å². The SMILES string of the molecule is O=C(c1ccccc1Oc1ccccc1)N1CCN(C2c3ccccc3-c3ccccc32)CC1. The zero-order valence-electron chi connectivity index (χ0n) is 18.9. The van der Waals surface area contributed by atoms with Crippen molar-refractivity contribution in [1.82, 2.24) is 9.80 Å². The predicted molar refractivity (Wildman–Crippen MR) is 134 cm³/mol. The Morgan fingerprint density at radius 1 is 0.647 bits per heavy atom. The molecule has 1 heterocycles. The van der Waals surface area contributed by atoms with Crippen molar-refractivity contribution in [1.29, 1.82) is 0 Å². The fourth-order valence-electron chi connectivity index (χ4n) is 5.22. The van der Waals surface area contributed by atoms with E-state index in [2.05, 4.69) is 53.4 Å². The van der Waals surface area contributed by atoms with Gasteiger partial charge in [-0.3, -0.25) is 9.69 Å². The molecule has 1 fully saturated rings. The molecule has 1 saturated heterocycles. The number of fused-ring (bicyclic) bond motifs is 3. The highest BCUT2D eigenvalue weighted by molar-refractivity contribution is 5.97. The minimum Gasteiger partial charge on any atom is -0.457 e. The van der Waals surface area contributed by atoms with E-state index in [1.807, 2.05) is 59.5 Å². The molecule has 0 spiro atoms. The Morgan fingerprint density at radius 3 is 1.88 bits per heavy atom. The van der Waals surface area contributed by atoms with Gasteiger partial charge < -0.3 is 9.64 Å². The third-order valence-electron chi connectivity index (χ3n) is 6.86. The van der Waals surface area contributed by atoms with Crippen LogP contribution in [0.3, 0.4) is 0 Å². The molecule has 4 nitrogen and oxygen atoms in total. The van der Waals surface area contributed by atoms with Gasteiger partial charge in [-0.2, -0.15) is 0 Å². The summed E-state index contributed by atoms with van der Waals surface area (Å²) in [5, 5.41) is 0. The van der Waals surface area contributed by atoms with Gasteiger partial charge in [0.25, 0.3) is 5.91 Å². The lowest BCUT2D eigenvalue weighted by Gasteiger charge is -2.38. The first-order valence-corrected chi connectivity index (χ1v) is 11.8. The molecule has 6 rings (SSSR count). The Labute approximate surface area is 200 Å². The number of hydrogen-bond acceptors (Lipinski definition) is 3. The fraction of sp³-hybridized carbons (Fsp3) is 0.167. The molecule has 0 saturated carbocycles. The first kappa shape index (κ1) is 20.7. The second-order valence-corrected chi connectivity index (χ2v) is 8.82. The standard InChI is InChI=1S/C30H26N2O2/c33-30(27-16-8-9-17-28(27)34-22-10-2-1-3-11-22)32-20-18-31(19-21-32)29-25-14-6-4-12-23(25)24-13-5-7-15-26(24)29/h1-17,29H,18-21H2. The number of piperazine rings is 1. The molecule has 0 aromatic heterocycles. The van der Waals surface area contributed by atoms with Gasteiger partial charge >= 0.3 is 0 Å². The molecule has 34 heavy (non-hydrogen) atoms. The number of para-hydroxylation sites is 2. The summed E-state index contributed by atoms with van der Waals surface area (Å²) in [6, 6.07) is 34.8. The molecule has 4 heteroatoms. The number of ether oxygens (including phenoxy) is 1. The highest BCUT2D eigenvalue weighted by atomic mass is 16.5. The lowest BCUT2D eigenvalue weighted by Crippen LogP contribution is -2.49. The van der Waals surface area contributed by atoms with Crippen LogP contribution in [0, 0.1) is 0 Å². The van der Waals surface area contributed by atoms with E-state index in [0.717, 1.165) is 18.8 Å². The van der Waals surface area contributed by atoms with Crippen molar-refractivity contribution in [3.05, 3.63) is 120 Å². The zero-order chi connectivity index (χ0) is 22.9. The minimum absolute atomic E-state index is 0.0263. The lowest BCUT2D eigenvalue weighted by atomic mass is 10.0. The summed E-state index contributed by atoms with van der Waals surface area (Å²) in [6.45, 7) is 3.06. The largest absolute Gasteiger partial charge is 0.457 e. The van der Waals surface area contributed by atoms with Gasteiger partial charge in [-0.05, 0) is 46.5 Å². The Kier molecular flexibility index (Phi) is 5.36. The molecule has 0 N–H and O–H groups in total. The summed E-state index contributed by atoms with van der Waals surface area (Å²) in [5.41, 5.74) is 5.99. The molecule has 1 aliphatic carbocycles. The Bertz CT molecular complexity index is 1280. The van der Waals surface area contributed by atoms with Gasteiger partial charge in [-0.1, -0.05) is 78.9 Å². The van der Waals surface area contributed by atoms with Gasteiger partial charge in [-0.25, -0.2) is 0 Å². The molecule has 2 aliphatic rings. The molecule has 0 radical (unpaired) electrons. The van der Waals surface area contributed by atoms with Crippen molar-refractivity contribution in [2.24, 2.45) is 0 Å². The maximum Gasteiger partial charge on any atom is 0.257 e. The van der Waals surface area contributed by atoms with Crippen molar-refractivity contribution in [3.63, 3.8) is 0 Å². The summed E-state index contributed by atoms with van der Waals surface area (Å²) < 4.78 is 6.04. The molecular weight excluding hydrogens is 420 g/mol. The fourth-order valence-corrected chi connectivity index (χ4v) is 5.22. The van der Waals surface area contributed by atoms with Gasteiger partial charge in [0, 0.05) is 26.2 Å². The third kappa shape index (κ3) is 3.66. The van der Waals surface area contributed by atoms with E-state index in [4.69, 9.17) is 4.74 Å². The maximum atomic E-state index is 13.5. The van der Waals surface area contributed by atoms with Crippen LogP contribution in [0.5, 0.6) is 11.5 Å². The van der Waals surface area contributed by atoms with Crippen molar-refractivity contribution < 1.29 is 9.53 Å². The van der Waals surface area contributed by atoms with Crippen LogP contribution in [-0.4, -0.2) is 41.9 Å². The van der Waals surface area contributed by atoms with Gasteiger partial charge in [-0.15, -0.1) is 0 Å². The third-order valence-corrected chi connectivity index (χ3v) is 6.86. The smallest absolute Gasteiger partial charge is 0.257 e.